The Balaban J connectivity index is 2.21. The second kappa shape index (κ2) is 4.50. The molecule has 0 aliphatic carbocycles. The van der Waals surface area contributed by atoms with E-state index >= 15 is 0 Å². The maximum absolute atomic E-state index is 12.0. The summed E-state index contributed by atoms with van der Waals surface area (Å²) in [6.07, 6.45) is 1.09. The fourth-order valence-electron chi connectivity index (χ4n) is 1.68. The summed E-state index contributed by atoms with van der Waals surface area (Å²) in [5.41, 5.74) is 0. The maximum atomic E-state index is 12.0. The Morgan fingerprint density at radius 1 is 1.53 bits per heavy atom. The first-order chi connectivity index (χ1) is 8.11. The van der Waals surface area contributed by atoms with Crippen molar-refractivity contribution in [2.24, 2.45) is 7.05 Å². The van der Waals surface area contributed by atoms with Crippen molar-refractivity contribution in [2.45, 2.75) is 0 Å². The minimum absolute atomic E-state index is 0.0820. The number of nitrogens with zero attached hydrogens (tertiary/aromatic N) is 4. The number of imidazole rings is 1. The highest BCUT2D eigenvalue weighted by molar-refractivity contribution is 5.91. The van der Waals surface area contributed by atoms with E-state index < -0.39 is 4.92 Å². The van der Waals surface area contributed by atoms with Crippen molar-refractivity contribution in [3.63, 3.8) is 0 Å². The van der Waals surface area contributed by atoms with Gasteiger partial charge in [-0.25, -0.2) is 9.55 Å². The molecule has 1 amide bonds. The zero-order chi connectivity index (χ0) is 12.4. The summed E-state index contributed by atoms with van der Waals surface area (Å²) < 4.78 is 6.32. The van der Waals surface area contributed by atoms with Crippen LogP contribution in [0.15, 0.2) is 6.20 Å². The molecule has 1 aromatic heterocycles. The standard InChI is InChI=1S/C9H12N4O4/c1-11-7(13(15)16)6-10-8(11)9(14)12-2-4-17-5-3-12/h6H,2-5H2,1H3. The van der Waals surface area contributed by atoms with E-state index in [9.17, 15) is 14.9 Å². The lowest BCUT2D eigenvalue weighted by Gasteiger charge is -2.25. The van der Waals surface area contributed by atoms with Gasteiger partial charge < -0.3 is 19.8 Å². The lowest BCUT2D eigenvalue weighted by atomic mass is 10.4. The van der Waals surface area contributed by atoms with Gasteiger partial charge in [-0.05, 0) is 4.92 Å². The zero-order valence-corrected chi connectivity index (χ0v) is 9.33. The summed E-state index contributed by atoms with van der Waals surface area (Å²) in [5.74, 6) is -0.413. The predicted molar refractivity (Wildman–Crippen MR) is 56.6 cm³/mol. The lowest BCUT2D eigenvalue weighted by Crippen LogP contribution is -2.41. The highest BCUT2D eigenvalue weighted by Crippen LogP contribution is 2.13. The number of morpholine rings is 1. The van der Waals surface area contributed by atoms with Crippen molar-refractivity contribution in [1.82, 2.24) is 14.5 Å². The quantitative estimate of drug-likeness (QED) is 0.527. The van der Waals surface area contributed by atoms with Crippen molar-refractivity contribution in [3.05, 3.63) is 22.1 Å². The molecule has 0 atom stereocenters. The number of carbonyl (C=O) groups excluding carboxylic acids is 1. The van der Waals surface area contributed by atoms with Crippen LogP contribution in [-0.4, -0.2) is 51.6 Å². The van der Waals surface area contributed by atoms with Crippen LogP contribution in [0.1, 0.15) is 10.6 Å². The third kappa shape index (κ3) is 2.11. The molecule has 0 unspecified atom stereocenters. The Morgan fingerprint density at radius 2 is 2.18 bits per heavy atom. The minimum atomic E-state index is -0.566. The first-order valence-corrected chi connectivity index (χ1v) is 5.14. The van der Waals surface area contributed by atoms with Crippen LogP contribution in [0.4, 0.5) is 5.82 Å². The zero-order valence-electron chi connectivity index (χ0n) is 9.33. The number of hydrogen-bond acceptors (Lipinski definition) is 5. The van der Waals surface area contributed by atoms with Crippen molar-refractivity contribution in [1.29, 1.82) is 0 Å². The number of rotatable bonds is 2. The van der Waals surface area contributed by atoms with Gasteiger partial charge in [-0.1, -0.05) is 0 Å². The van der Waals surface area contributed by atoms with Crippen LogP contribution >= 0.6 is 0 Å². The molecule has 1 saturated heterocycles. The number of aromatic nitrogens is 2. The fraction of sp³-hybridized carbons (Fsp3) is 0.556. The van der Waals surface area contributed by atoms with Gasteiger partial charge in [0.2, 0.25) is 0 Å². The lowest BCUT2D eigenvalue weighted by molar-refractivity contribution is -0.391. The van der Waals surface area contributed by atoms with Crippen LogP contribution in [0.3, 0.4) is 0 Å². The first kappa shape index (κ1) is 11.5. The summed E-state index contributed by atoms with van der Waals surface area (Å²) in [7, 11) is 1.46. The van der Waals surface area contributed by atoms with E-state index in [-0.39, 0.29) is 17.5 Å². The van der Waals surface area contributed by atoms with Crippen molar-refractivity contribution in [2.75, 3.05) is 26.3 Å². The minimum Gasteiger partial charge on any atom is -0.378 e. The molecule has 0 N–H and O–H groups in total. The Bertz CT molecular complexity index is 450. The van der Waals surface area contributed by atoms with E-state index in [4.69, 9.17) is 4.74 Å². The molecule has 8 heteroatoms. The van der Waals surface area contributed by atoms with Crippen LogP contribution in [0.25, 0.3) is 0 Å². The van der Waals surface area contributed by atoms with Gasteiger partial charge in [0, 0.05) is 13.1 Å². The molecule has 0 spiro atoms. The van der Waals surface area contributed by atoms with Gasteiger partial charge in [0.05, 0.1) is 20.3 Å². The average molecular weight is 240 g/mol. The molecular formula is C9H12N4O4. The molecule has 2 heterocycles. The van der Waals surface area contributed by atoms with Crippen LogP contribution < -0.4 is 0 Å². The highest BCUT2D eigenvalue weighted by Gasteiger charge is 2.27. The van der Waals surface area contributed by atoms with Crippen LogP contribution in [0.2, 0.25) is 0 Å². The van der Waals surface area contributed by atoms with Crippen LogP contribution in [0, 0.1) is 10.1 Å². The Labute approximate surface area is 96.9 Å². The molecular weight excluding hydrogens is 228 g/mol. The van der Waals surface area contributed by atoms with Crippen LogP contribution in [-0.2, 0) is 11.8 Å². The third-order valence-electron chi connectivity index (χ3n) is 2.64. The number of ether oxygens (including phenoxy) is 1. The van der Waals surface area contributed by atoms with Gasteiger partial charge in [0.15, 0.2) is 0 Å². The van der Waals surface area contributed by atoms with Gasteiger partial charge in [0.1, 0.15) is 6.20 Å². The van der Waals surface area contributed by atoms with Gasteiger partial charge in [0.25, 0.3) is 5.82 Å². The molecule has 8 nitrogen and oxygen atoms in total. The van der Waals surface area contributed by atoms with Crippen LogP contribution in [0.5, 0.6) is 0 Å². The first-order valence-electron chi connectivity index (χ1n) is 5.14. The number of hydrogen-bond donors (Lipinski definition) is 0. The molecule has 2 rings (SSSR count). The Morgan fingerprint density at radius 3 is 2.71 bits per heavy atom. The smallest absolute Gasteiger partial charge is 0.343 e. The van der Waals surface area contributed by atoms with E-state index in [1.165, 1.54) is 11.6 Å². The second-order valence-electron chi connectivity index (χ2n) is 3.66. The molecule has 0 radical (unpaired) electrons. The monoisotopic (exact) mass is 240 g/mol. The fourth-order valence-corrected chi connectivity index (χ4v) is 1.68. The second-order valence-corrected chi connectivity index (χ2v) is 3.66. The van der Waals surface area contributed by atoms with Crippen molar-refractivity contribution >= 4 is 11.7 Å². The molecule has 1 aromatic rings. The Kier molecular flexibility index (Phi) is 3.05. The number of nitro groups is 1. The number of carbonyl (C=O) groups is 1. The van der Waals surface area contributed by atoms with Gasteiger partial charge in [-0.2, -0.15) is 0 Å². The topological polar surface area (TPSA) is 90.5 Å². The van der Waals surface area contributed by atoms with E-state index in [0.29, 0.717) is 26.3 Å². The molecule has 1 aliphatic heterocycles. The van der Waals surface area contributed by atoms with Gasteiger partial charge in [-0.3, -0.25) is 4.79 Å². The molecule has 1 aliphatic rings. The molecule has 0 aromatic carbocycles. The predicted octanol–water partition coefficient (Wildman–Crippen LogP) is -0.199. The summed E-state index contributed by atoms with van der Waals surface area (Å²) >= 11 is 0. The number of amides is 1. The SMILES string of the molecule is Cn1c([N+](=O)[O-])cnc1C(=O)N1CCOCC1. The maximum Gasteiger partial charge on any atom is 0.343 e. The molecule has 17 heavy (non-hydrogen) atoms. The van der Waals surface area contributed by atoms with E-state index in [2.05, 4.69) is 4.98 Å². The molecule has 0 bridgehead atoms. The summed E-state index contributed by atoms with van der Waals surface area (Å²) in [6, 6.07) is 0. The highest BCUT2D eigenvalue weighted by atomic mass is 16.6. The summed E-state index contributed by atoms with van der Waals surface area (Å²) in [6.45, 7) is 1.94. The van der Waals surface area contributed by atoms with Gasteiger partial charge in [-0.15, -0.1) is 0 Å². The van der Waals surface area contributed by atoms with E-state index in [1.807, 2.05) is 0 Å². The van der Waals surface area contributed by atoms with E-state index in [1.54, 1.807) is 4.90 Å². The van der Waals surface area contributed by atoms with Gasteiger partial charge >= 0.3 is 11.7 Å². The van der Waals surface area contributed by atoms with Crippen molar-refractivity contribution < 1.29 is 14.5 Å². The largest absolute Gasteiger partial charge is 0.378 e. The molecule has 1 fully saturated rings. The van der Waals surface area contributed by atoms with Crippen molar-refractivity contribution in [3.8, 4) is 0 Å². The van der Waals surface area contributed by atoms with E-state index in [0.717, 1.165) is 6.20 Å². The summed E-state index contributed by atoms with van der Waals surface area (Å²) in [5, 5.41) is 10.6. The molecule has 92 valence electrons. The Hall–Kier alpha value is -1.96. The molecule has 0 saturated carbocycles. The third-order valence-corrected chi connectivity index (χ3v) is 2.64. The summed E-state index contributed by atoms with van der Waals surface area (Å²) in [4.78, 5) is 27.5. The normalized spacial score (nSPS) is 15.9. The average Bonchev–Trinajstić information content (AvgIpc) is 2.71.